The van der Waals surface area contributed by atoms with Crippen LogP contribution in [0.4, 0.5) is 17.6 Å². The van der Waals surface area contributed by atoms with E-state index in [1.807, 2.05) is 0 Å². The van der Waals surface area contributed by atoms with Crippen LogP contribution in [0, 0.1) is 11.8 Å². The van der Waals surface area contributed by atoms with Gasteiger partial charge in [-0.2, -0.15) is 17.6 Å². The third-order valence-electron chi connectivity index (χ3n) is 6.86. The monoisotopic (exact) mass is 366 g/mol. The molecule has 0 radical (unpaired) electrons. The van der Waals surface area contributed by atoms with E-state index in [1.165, 1.54) is 51.0 Å². The molecule has 2 fully saturated rings. The molecule has 0 aromatic heterocycles. The third kappa shape index (κ3) is 3.10. The van der Waals surface area contributed by atoms with Gasteiger partial charge in [0.2, 0.25) is 0 Å². The van der Waals surface area contributed by atoms with Gasteiger partial charge in [0.05, 0.1) is 0 Å². The number of alkyl halides is 4. The van der Waals surface area contributed by atoms with Gasteiger partial charge in [-0.05, 0) is 60.6 Å². The summed E-state index contributed by atoms with van der Waals surface area (Å²) in [6.45, 7) is 0. The molecule has 0 unspecified atom stereocenters. The van der Waals surface area contributed by atoms with Gasteiger partial charge in [-0.3, -0.25) is 0 Å². The highest BCUT2D eigenvalue weighted by molar-refractivity contribution is 5.61. The van der Waals surface area contributed by atoms with E-state index in [9.17, 15) is 17.6 Å². The molecule has 0 amide bonds. The molecule has 1 aromatic rings. The molecule has 0 atom stereocenters. The molecule has 0 N–H and O–H groups in total. The maximum Gasteiger partial charge on any atom is 0.339 e. The first-order valence-corrected chi connectivity index (χ1v) is 9.98. The van der Waals surface area contributed by atoms with Crippen molar-refractivity contribution in [3.63, 3.8) is 0 Å². The topological polar surface area (TPSA) is 0 Å². The van der Waals surface area contributed by atoms with Gasteiger partial charge in [-0.25, -0.2) is 0 Å². The Labute approximate surface area is 152 Å². The van der Waals surface area contributed by atoms with Gasteiger partial charge in [-0.15, -0.1) is 0 Å². The summed E-state index contributed by atoms with van der Waals surface area (Å²) in [5, 5.41) is 0. The Morgan fingerprint density at radius 2 is 1.42 bits per heavy atom. The number of hydrogen-bond acceptors (Lipinski definition) is 0. The summed E-state index contributed by atoms with van der Waals surface area (Å²) >= 11 is 0. The number of fused-ring (bicyclic) bond motifs is 1. The van der Waals surface area contributed by atoms with Gasteiger partial charge >= 0.3 is 11.8 Å². The van der Waals surface area contributed by atoms with Crippen LogP contribution in [-0.4, -0.2) is 5.92 Å². The van der Waals surface area contributed by atoms with Gasteiger partial charge in [0, 0.05) is 5.56 Å². The van der Waals surface area contributed by atoms with Crippen molar-refractivity contribution in [1.29, 1.82) is 0 Å². The third-order valence-corrected chi connectivity index (χ3v) is 6.86. The minimum Gasteiger partial charge on any atom is -0.195 e. The Morgan fingerprint density at radius 1 is 0.769 bits per heavy atom. The normalized spacial score (nSPS) is 30.8. The number of rotatable bonds is 2. The fraction of sp³-hybridized carbons (Fsp3) is 0.636. The molecule has 0 spiro atoms. The van der Waals surface area contributed by atoms with Crippen molar-refractivity contribution in [3.05, 3.63) is 41.0 Å². The van der Waals surface area contributed by atoms with E-state index in [1.54, 1.807) is 12.1 Å². The van der Waals surface area contributed by atoms with Crippen molar-refractivity contribution < 1.29 is 17.6 Å². The highest BCUT2D eigenvalue weighted by Gasteiger charge is 2.58. The minimum atomic E-state index is -4.13. The summed E-state index contributed by atoms with van der Waals surface area (Å²) in [5.41, 5.74) is 0.717. The lowest BCUT2D eigenvalue weighted by atomic mass is 9.69. The molecule has 1 aromatic carbocycles. The van der Waals surface area contributed by atoms with E-state index in [2.05, 4.69) is 0 Å². The van der Waals surface area contributed by atoms with E-state index in [0.717, 1.165) is 36.3 Å². The first kappa shape index (κ1) is 18.1. The lowest BCUT2D eigenvalue weighted by Gasteiger charge is -2.36. The standard InChI is InChI=1S/C22H26F4/c23-21(24)13-12-19-14-18(10-11-20(19)22(21,25)26)17-8-6-16(7-9-17)15-4-2-1-3-5-15/h10-17H,1-9H2. The number of allylic oxidation sites excluding steroid dienone is 1. The molecule has 0 bridgehead atoms. The maximum atomic E-state index is 14.0. The van der Waals surface area contributed by atoms with Crippen LogP contribution in [0.1, 0.15) is 80.4 Å². The Hall–Kier alpha value is -1.32. The van der Waals surface area contributed by atoms with Crippen molar-refractivity contribution in [3.8, 4) is 0 Å². The first-order valence-electron chi connectivity index (χ1n) is 9.98. The molecule has 2 saturated carbocycles. The van der Waals surface area contributed by atoms with Crippen LogP contribution in [0.15, 0.2) is 24.3 Å². The minimum absolute atomic E-state index is 0.243. The Balaban J connectivity index is 1.47. The second-order valence-electron chi connectivity index (χ2n) is 8.39. The zero-order chi connectivity index (χ0) is 18.4. The predicted molar refractivity (Wildman–Crippen MR) is 95.6 cm³/mol. The van der Waals surface area contributed by atoms with Crippen LogP contribution in [0.25, 0.3) is 6.08 Å². The van der Waals surface area contributed by atoms with Crippen molar-refractivity contribution in [2.45, 2.75) is 75.6 Å². The summed E-state index contributed by atoms with van der Waals surface area (Å²) in [4.78, 5) is 0. The quantitative estimate of drug-likeness (QED) is 0.482. The average molecular weight is 366 g/mol. The SMILES string of the molecule is FC1(F)C=Cc2cc(C3CCC(C4CCCCC4)CC3)ccc2C1(F)F. The maximum absolute atomic E-state index is 14.0. The van der Waals surface area contributed by atoms with Crippen molar-refractivity contribution in [2.24, 2.45) is 11.8 Å². The van der Waals surface area contributed by atoms with E-state index in [4.69, 9.17) is 0 Å². The predicted octanol–water partition coefficient (Wildman–Crippen LogP) is 7.29. The average Bonchev–Trinajstić information content (AvgIpc) is 2.66. The summed E-state index contributed by atoms with van der Waals surface area (Å²) in [5.74, 6) is -6.19. The summed E-state index contributed by atoms with van der Waals surface area (Å²) in [6.07, 6.45) is 12.9. The molecule has 3 aliphatic carbocycles. The Morgan fingerprint density at radius 3 is 2.12 bits per heavy atom. The van der Waals surface area contributed by atoms with Crippen LogP contribution in [-0.2, 0) is 5.92 Å². The molecule has 0 nitrogen and oxygen atoms in total. The summed E-state index contributed by atoms with van der Waals surface area (Å²) < 4.78 is 55.0. The van der Waals surface area contributed by atoms with E-state index >= 15 is 0 Å². The van der Waals surface area contributed by atoms with E-state index < -0.39 is 17.4 Å². The van der Waals surface area contributed by atoms with Crippen LogP contribution in [0.3, 0.4) is 0 Å². The highest BCUT2D eigenvalue weighted by Crippen LogP contribution is 2.49. The second kappa shape index (κ2) is 6.69. The first-order chi connectivity index (χ1) is 12.4. The van der Waals surface area contributed by atoms with E-state index in [-0.39, 0.29) is 5.56 Å². The fourth-order valence-corrected chi connectivity index (χ4v) is 5.27. The number of benzene rings is 1. The van der Waals surface area contributed by atoms with Crippen molar-refractivity contribution in [2.75, 3.05) is 0 Å². The molecule has 4 rings (SSSR count). The lowest BCUT2D eigenvalue weighted by Crippen LogP contribution is -2.38. The molecule has 142 valence electrons. The molecule has 0 aliphatic heterocycles. The molecule has 0 saturated heterocycles. The smallest absolute Gasteiger partial charge is 0.195 e. The Bertz CT molecular complexity index is 677. The van der Waals surface area contributed by atoms with Gasteiger partial charge in [0.25, 0.3) is 0 Å². The zero-order valence-electron chi connectivity index (χ0n) is 15.0. The largest absolute Gasteiger partial charge is 0.339 e. The van der Waals surface area contributed by atoms with Crippen LogP contribution in [0.5, 0.6) is 0 Å². The zero-order valence-corrected chi connectivity index (χ0v) is 15.0. The molecule has 3 aliphatic rings. The summed E-state index contributed by atoms with van der Waals surface area (Å²) in [7, 11) is 0. The van der Waals surface area contributed by atoms with Crippen LogP contribution < -0.4 is 0 Å². The second-order valence-corrected chi connectivity index (χ2v) is 8.39. The lowest BCUT2D eigenvalue weighted by molar-refractivity contribution is -0.187. The van der Waals surface area contributed by atoms with Crippen molar-refractivity contribution in [1.82, 2.24) is 0 Å². The molecular weight excluding hydrogens is 340 g/mol. The number of halogens is 4. The molecule has 26 heavy (non-hydrogen) atoms. The van der Waals surface area contributed by atoms with Gasteiger partial charge in [0.1, 0.15) is 0 Å². The molecular formula is C22H26F4. The van der Waals surface area contributed by atoms with Gasteiger partial charge in [-0.1, -0.05) is 56.4 Å². The fourth-order valence-electron chi connectivity index (χ4n) is 5.27. The Kier molecular flexibility index (Phi) is 4.65. The van der Waals surface area contributed by atoms with Crippen LogP contribution >= 0.6 is 0 Å². The van der Waals surface area contributed by atoms with Crippen molar-refractivity contribution >= 4 is 6.08 Å². The highest BCUT2D eigenvalue weighted by atomic mass is 19.3. The van der Waals surface area contributed by atoms with Crippen LogP contribution in [0.2, 0.25) is 0 Å². The van der Waals surface area contributed by atoms with Gasteiger partial charge in [0.15, 0.2) is 0 Å². The van der Waals surface area contributed by atoms with Gasteiger partial charge < -0.3 is 0 Å². The van der Waals surface area contributed by atoms with E-state index in [0.29, 0.717) is 12.0 Å². The number of hydrogen-bond donors (Lipinski definition) is 0. The molecule has 4 heteroatoms. The summed E-state index contributed by atoms with van der Waals surface area (Å²) in [6, 6.07) is 4.57. The molecule has 0 heterocycles.